The van der Waals surface area contributed by atoms with Crippen LogP contribution in [0.4, 0.5) is 0 Å². The summed E-state index contributed by atoms with van der Waals surface area (Å²) in [6.45, 7) is 6.47. The van der Waals surface area contributed by atoms with Gasteiger partial charge in [-0.05, 0) is 49.9 Å². The van der Waals surface area contributed by atoms with Crippen molar-refractivity contribution in [2.75, 3.05) is 0 Å². The van der Waals surface area contributed by atoms with E-state index in [0.29, 0.717) is 6.04 Å². The van der Waals surface area contributed by atoms with Gasteiger partial charge in [-0.1, -0.05) is 0 Å². The Bertz CT molecular complexity index is 432. The Labute approximate surface area is 100 Å². The van der Waals surface area contributed by atoms with E-state index in [-0.39, 0.29) is 6.04 Å². The van der Waals surface area contributed by atoms with Crippen molar-refractivity contribution in [3.05, 3.63) is 46.0 Å². The van der Waals surface area contributed by atoms with Gasteiger partial charge >= 0.3 is 0 Å². The first kappa shape index (κ1) is 11.4. The highest BCUT2D eigenvalue weighted by atomic mass is 32.1. The molecule has 2 rings (SSSR count). The molecule has 3 heteroatoms. The molecule has 2 heterocycles. The van der Waals surface area contributed by atoms with E-state index in [1.165, 1.54) is 10.4 Å². The third-order valence-corrected chi connectivity index (χ3v) is 3.97. The third kappa shape index (κ3) is 2.36. The molecule has 0 aliphatic carbocycles. The average molecular weight is 235 g/mol. The second-order valence-corrected chi connectivity index (χ2v) is 5.04. The van der Waals surface area contributed by atoms with Gasteiger partial charge in [-0.25, -0.2) is 0 Å². The van der Waals surface area contributed by atoms with Crippen LogP contribution < -0.4 is 5.32 Å². The first-order chi connectivity index (χ1) is 7.68. The molecule has 0 bridgehead atoms. The van der Waals surface area contributed by atoms with Gasteiger partial charge in [-0.15, -0.1) is 11.3 Å². The molecular weight excluding hydrogens is 218 g/mol. The lowest BCUT2D eigenvalue weighted by atomic mass is 10.1. The average Bonchev–Trinajstić information content (AvgIpc) is 2.86. The lowest BCUT2D eigenvalue weighted by molar-refractivity contribution is 0.404. The number of hydrogen-bond acceptors (Lipinski definition) is 3. The van der Waals surface area contributed by atoms with Crippen molar-refractivity contribution >= 4 is 11.3 Å². The van der Waals surface area contributed by atoms with Crippen molar-refractivity contribution in [1.82, 2.24) is 5.32 Å². The molecule has 0 radical (unpaired) electrons. The molecule has 2 atom stereocenters. The van der Waals surface area contributed by atoms with Crippen LogP contribution in [0.25, 0.3) is 0 Å². The van der Waals surface area contributed by atoms with E-state index >= 15 is 0 Å². The first-order valence-corrected chi connectivity index (χ1v) is 6.40. The van der Waals surface area contributed by atoms with E-state index in [4.69, 9.17) is 4.42 Å². The Kier molecular flexibility index (Phi) is 3.46. The fraction of sp³-hybridized carbons (Fsp3) is 0.385. The van der Waals surface area contributed by atoms with Crippen molar-refractivity contribution in [3.8, 4) is 0 Å². The number of hydrogen-bond donors (Lipinski definition) is 1. The molecule has 0 saturated carbocycles. The van der Waals surface area contributed by atoms with Crippen LogP contribution in [0.3, 0.4) is 0 Å². The van der Waals surface area contributed by atoms with Gasteiger partial charge in [0.25, 0.3) is 0 Å². The minimum absolute atomic E-state index is 0.242. The molecular formula is C13H17NOS. The van der Waals surface area contributed by atoms with E-state index in [1.54, 1.807) is 17.6 Å². The lowest BCUT2D eigenvalue weighted by Gasteiger charge is -2.18. The standard InChI is InChI=1S/C13H17NOS/c1-9-6-8-16-13(9)11(3)14-10(2)12-5-4-7-15-12/h4-8,10-11,14H,1-3H3/t10-,11?/m0/s1. The molecule has 86 valence electrons. The van der Waals surface area contributed by atoms with Crippen LogP contribution in [-0.2, 0) is 0 Å². The maximum Gasteiger partial charge on any atom is 0.120 e. The second kappa shape index (κ2) is 4.85. The maximum absolute atomic E-state index is 5.38. The summed E-state index contributed by atoms with van der Waals surface area (Å²) in [7, 11) is 0. The minimum Gasteiger partial charge on any atom is -0.468 e. The zero-order valence-corrected chi connectivity index (χ0v) is 10.7. The normalized spacial score (nSPS) is 14.9. The van der Waals surface area contributed by atoms with Gasteiger partial charge in [-0.2, -0.15) is 0 Å². The summed E-state index contributed by atoms with van der Waals surface area (Å²) in [4.78, 5) is 1.40. The Morgan fingerprint density at radius 2 is 2.06 bits per heavy atom. The molecule has 0 amide bonds. The van der Waals surface area contributed by atoms with Gasteiger partial charge in [-0.3, -0.25) is 0 Å². The van der Waals surface area contributed by atoms with Gasteiger partial charge < -0.3 is 9.73 Å². The summed E-state index contributed by atoms with van der Waals surface area (Å²) < 4.78 is 5.38. The van der Waals surface area contributed by atoms with Crippen molar-refractivity contribution in [2.24, 2.45) is 0 Å². The number of furan rings is 1. The van der Waals surface area contributed by atoms with Crippen LogP contribution in [0, 0.1) is 6.92 Å². The van der Waals surface area contributed by atoms with E-state index in [9.17, 15) is 0 Å². The zero-order valence-electron chi connectivity index (χ0n) is 9.86. The number of aryl methyl sites for hydroxylation is 1. The summed E-state index contributed by atoms with van der Waals surface area (Å²) >= 11 is 1.80. The van der Waals surface area contributed by atoms with Gasteiger partial charge in [0.05, 0.1) is 12.3 Å². The summed E-state index contributed by atoms with van der Waals surface area (Å²) in [6, 6.07) is 6.70. The second-order valence-electron chi connectivity index (χ2n) is 4.09. The number of nitrogens with one attached hydrogen (secondary N) is 1. The molecule has 0 saturated heterocycles. The van der Waals surface area contributed by atoms with Gasteiger partial charge in [0, 0.05) is 10.9 Å². The first-order valence-electron chi connectivity index (χ1n) is 5.52. The molecule has 16 heavy (non-hydrogen) atoms. The quantitative estimate of drug-likeness (QED) is 0.864. The molecule has 0 aliphatic heterocycles. The van der Waals surface area contributed by atoms with Crippen molar-refractivity contribution in [3.63, 3.8) is 0 Å². The Balaban J connectivity index is 2.03. The summed E-state index contributed by atoms with van der Waals surface area (Å²) in [5, 5.41) is 5.68. The SMILES string of the molecule is Cc1ccsc1C(C)N[C@@H](C)c1ccco1. The van der Waals surface area contributed by atoms with Crippen molar-refractivity contribution < 1.29 is 4.42 Å². The Morgan fingerprint density at radius 3 is 2.62 bits per heavy atom. The summed E-state index contributed by atoms with van der Waals surface area (Å²) in [5.74, 6) is 0.987. The van der Waals surface area contributed by atoms with Crippen LogP contribution in [0.5, 0.6) is 0 Å². The highest BCUT2D eigenvalue weighted by Crippen LogP contribution is 2.26. The van der Waals surface area contributed by atoms with Gasteiger partial charge in [0.2, 0.25) is 0 Å². The maximum atomic E-state index is 5.38. The molecule has 0 aliphatic rings. The van der Waals surface area contributed by atoms with Crippen molar-refractivity contribution in [1.29, 1.82) is 0 Å². The van der Waals surface area contributed by atoms with E-state index in [1.807, 2.05) is 12.1 Å². The van der Waals surface area contributed by atoms with Crippen LogP contribution in [0.1, 0.15) is 42.1 Å². The zero-order chi connectivity index (χ0) is 11.5. The van der Waals surface area contributed by atoms with E-state index in [2.05, 4.69) is 37.5 Å². The van der Waals surface area contributed by atoms with Gasteiger partial charge in [0.1, 0.15) is 5.76 Å². The Hall–Kier alpha value is -1.06. The Morgan fingerprint density at radius 1 is 1.25 bits per heavy atom. The minimum atomic E-state index is 0.242. The fourth-order valence-electron chi connectivity index (χ4n) is 1.90. The van der Waals surface area contributed by atoms with E-state index < -0.39 is 0 Å². The topological polar surface area (TPSA) is 25.2 Å². The predicted octanol–water partition coefficient (Wildman–Crippen LogP) is 4.06. The van der Waals surface area contributed by atoms with Crippen LogP contribution in [-0.4, -0.2) is 0 Å². The van der Waals surface area contributed by atoms with Gasteiger partial charge in [0.15, 0.2) is 0 Å². The lowest BCUT2D eigenvalue weighted by Crippen LogP contribution is -2.21. The molecule has 2 nitrogen and oxygen atoms in total. The largest absolute Gasteiger partial charge is 0.468 e. The summed E-state index contributed by atoms with van der Waals surface area (Å²) in [5.41, 5.74) is 1.36. The number of rotatable bonds is 4. The van der Waals surface area contributed by atoms with E-state index in [0.717, 1.165) is 5.76 Å². The van der Waals surface area contributed by atoms with Crippen molar-refractivity contribution in [2.45, 2.75) is 32.9 Å². The predicted molar refractivity (Wildman–Crippen MR) is 67.7 cm³/mol. The molecule has 0 fully saturated rings. The third-order valence-electron chi connectivity index (χ3n) is 2.76. The van der Waals surface area contributed by atoms with Crippen LogP contribution in [0.15, 0.2) is 34.3 Å². The molecule has 1 N–H and O–H groups in total. The monoisotopic (exact) mass is 235 g/mol. The molecule has 0 spiro atoms. The molecule has 1 unspecified atom stereocenters. The molecule has 0 aromatic carbocycles. The molecule has 2 aromatic heterocycles. The van der Waals surface area contributed by atoms with Crippen LogP contribution in [0.2, 0.25) is 0 Å². The highest BCUT2D eigenvalue weighted by Gasteiger charge is 2.15. The fourth-order valence-corrected chi connectivity index (χ4v) is 2.84. The highest BCUT2D eigenvalue weighted by molar-refractivity contribution is 7.10. The van der Waals surface area contributed by atoms with Crippen LogP contribution >= 0.6 is 11.3 Å². The smallest absolute Gasteiger partial charge is 0.120 e. The number of thiophene rings is 1. The summed E-state index contributed by atoms with van der Waals surface area (Å²) in [6.07, 6.45) is 1.72. The molecule has 2 aromatic rings.